The summed E-state index contributed by atoms with van der Waals surface area (Å²) in [5.74, 6) is -0.455. The average molecular weight is 385 g/mol. The monoisotopic (exact) mass is 385 g/mol. The van der Waals surface area contributed by atoms with Crippen LogP contribution in [0.5, 0.6) is 5.75 Å². The molecule has 5 heteroatoms. The van der Waals surface area contributed by atoms with Crippen molar-refractivity contribution in [2.45, 2.75) is 12.6 Å². The van der Waals surface area contributed by atoms with Gasteiger partial charge in [-0.2, -0.15) is 0 Å². The lowest BCUT2D eigenvalue weighted by Gasteiger charge is -2.28. The standard InChI is InChI=1S/C24H19NO4/c26-22-19-8-4-5-9-21(19)29-23(17-6-2-1-3-7-17)20(22)15-25-14-16-10-12-18(13-11-16)24(27)28/h1-13,15,23,25H,14H2,(H,27,28). The highest BCUT2D eigenvalue weighted by molar-refractivity contribution is 6.12. The van der Waals surface area contributed by atoms with Crippen LogP contribution in [0.15, 0.2) is 90.6 Å². The van der Waals surface area contributed by atoms with Crippen LogP contribution in [0.3, 0.4) is 0 Å². The van der Waals surface area contributed by atoms with E-state index in [4.69, 9.17) is 9.84 Å². The molecule has 0 saturated heterocycles. The quantitative estimate of drug-likeness (QED) is 0.638. The fraction of sp³-hybridized carbons (Fsp3) is 0.0833. The second-order valence-electron chi connectivity index (χ2n) is 6.72. The number of rotatable bonds is 5. The Balaban J connectivity index is 1.60. The molecule has 1 aliphatic rings. The average Bonchev–Trinajstić information content (AvgIpc) is 2.76. The van der Waals surface area contributed by atoms with Crippen LogP contribution in [0.1, 0.15) is 37.9 Å². The van der Waals surface area contributed by atoms with Crippen molar-refractivity contribution in [3.63, 3.8) is 0 Å². The zero-order valence-corrected chi connectivity index (χ0v) is 15.5. The number of ketones is 1. The Morgan fingerprint density at radius 3 is 2.38 bits per heavy atom. The Labute approximate surface area is 168 Å². The fourth-order valence-electron chi connectivity index (χ4n) is 3.28. The van der Waals surface area contributed by atoms with Gasteiger partial charge in [0.15, 0.2) is 11.9 Å². The number of carbonyl (C=O) groups is 2. The second-order valence-corrected chi connectivity index (χ2v) is 6.72. The number of para-hydroxylation sites is 1. The summed E-state index contributed by atoms with van der Waals surface area (Å²) < 4.78 is 6.15. The molecule has 29 heavy (non-hydrogen) atoms. The molecule has 0 amide bonds. The Bertz CT molecular complexity index is 1070. The zero-order valence-electron chi connectivity index (χ0n) is 15.5. The number of benzene rings is 3. The second kappa shape index (κ2) is 8.02. The van der Waals surface area contributed by atoms with E-state index in [9.17, 15) is 9.59 Å². The van der Waals surface area contributed by atoms with Crippen LogP contribution in [0.4, 0.5) is 0 Å². The maximum atomic E-state index is 13.1. The molecule has 3 aromatic rings. The third-order valence-corrected chi connectivity index (χ3v) is 4.79. The maximum Gasteiger partial charge on any atom is 0.335 e. The van der Waals surface area contributed by atoms with E-state index in [2.05, 4.69) is 5.32 Å². The van der Waals surface area contributed by atoms with Gasteiger partial charge in [0.2, 0.25) is 0 Å². The van der Waals surface area contributed by atoms with Gasteiger partial charge in [0.25, 0.3) is 0 Å². The van der Waals surface area contributed by atoms with Gasteiger partial charge in [-0.15, -0.1) is 0 Å². The van der Waals surface area contributed by atoms with Crippen molar-refractivity contribution in [3.8, 4) is 5.75 Å². The van der Waals surface area contributed by atoms with Gasteiger partial charge < -0.3 is 15.2 Å². The smallest absolute Gasteiger partial charge is 0.335 e. The summed E-state index contributed by atoms with van der Waals surface area (Å²) in [5.41, 5.74) is 3.11. The number of carbonyl (C=O) groups excluding carboxylic acids is 1. The number of aromatic carboxylic acids is 1. The molecule has 0 spiro atoms. The van der Waals surface area contributed by atoms with Gasteiger partial charge >= 0.3 is 5.97 Å². The number of Topliss-reactive ketones (excluding diaryl/α,β-unsaturated/α-hetero) is 1. The first-order chi connectivity index (χ1) is 14.1. The van der Waals surface area contributed by atoms with Crippen molar-refractivity contribution in [1.29, 1.82) is 0 Å². The lowest BCUT2D eigenvalue weighted by molar-refractivity contribution is 0.0696. The lowest BCUT2D eigenvalue weighted by atomic mass is 9.91. The van der Waals surface area contributed by atoms with E-state index >= 15 is 0 Å². The molecule has 0 aliphatic carbocycles. The van der Waals surface area contributed by atoms with Gasteiger partial charge in [-0.3, -0.25) is 4.79 Å². The molecule has 3 aromatic carbocycles. The summed E-state index contributed by atoms with van der Waals surface area (Å²) in [5, 5.41) is 12.2. The normalized spacial score (nSPS) is 16.8. The molecule has 5 nitrogen and oxygen atoms in total. The molecule has 144 valence electrons. The minimum absolute atomic E-state index is 0.0746. The van der Waals surface area contributed by atoms with Crippen LogP contribution in [-0.2, 0) is 6.54 Å². The van der Waals surface area contributed by atoms with Gasteiger partial charge in [0.05, 0.1) is 16.7 Å². The number of carboxylic acid groups (broad SMARTS) is 1. The molecular weight excluding hydrogens is 366 g/mol. The van der Waals surface area contributed by atoms with Crippen LogP contribution in [-0.4, -0.2) is 16.9 Å². The summed E-state index contributed by atoms with van der Waals surface area (Å²) >= 11 is 0. The molecule has 0 aromatic heterocycles. The maximum absolute atomic E-state index is 13.1. The molecule has 4 rings (SSSR count). The van der Waals surface area contributed by atoms with E-state index in [0.717, 1.165) is 11.1 Å². The van der Waals surface area contributed by atoms with E-state index in [-0.39, 0.29) is 11.3 Å². The lowest BCUT2D eigenvalue weighted by Crippen LogP contribution is -2.25. The SMILES string of the molecule is O=C(O)c1ccc(CNC=C2C(=O)c3ccccc3OC2c2ccccc2)cc1. The summed E-state index contributed by atoms with van der Waals surface area (Å²) in [4.78, 5) is 24.1. The highest BCUT2D eigenvalue weighted by atomic mass is 16.5. The summed E-state index contributed by atoms with van der Waals surface area (Å²) in [6, 6.07) is 23.5. The van der Waals surface area contributed by atoms with Crippen molar-refractivity contribution < 1.29 is 19.4 Å². The Kier molecular flexibility index (Phi) is 5.12. The van der Waals surface area contributed by atoms with Crippen LogP contribution in [0, 0.1) is 0 Å². The highest BCUT2D eigenvalue weighted by Crippen LogP contribution is 2.37. The van der Waals surface area contributed by atoms with Crippen molar-refractivity contribution in [1.82, 2.24) is 5.32 Å². The molecule has 0 bridgehead atoms. The predicted octanol–water partition coefficient (Wildman–Crippen LogP) is 4.37. The number of ether oxygens (including phenoxy) is 1. The minimum atomic E-state index is -0.957. The van der Waals surface area contributed by atoms with Gasteiger partial charge in [-0.1, -0.05) is 54.6 Å². The predicted molar refractivity (Wildman–Crippen MR) is 109 cm³/mol. The van der Waals surface area contributed by atoms with Gasteiger partial charge in [-0.25, -0.2) is 4.79 Å². The topological polar surface area (TPSA) is 75.6 Å². The van der Waals surface area contributed by atoms with Crippen molar-refractivity contribution in [3.05, 3.63) is 113 Å². The third-order valence-electron chi connectivity index (χ3n) is 4.79. The number of hydrogen-bond acceptors (Lipinski definition) is 4. The number of fused-ring (bicyclic) bond motifs is 1. The van der Waals surface area contributed by atoms with E-state index in [1.807, 2.05) is 42.5 Å². The summed E-state index contributed by atoms with van der Waals surface area (Å²) in [6.07, 6.45) is 1.20. The molecule has 2 N–H and O–H groups in total. The van der Waals surface area contributed by atoms with E-state index in [1.54, 1.807) is 42.6 Å². The minimum Gasteiger partial charge on any atom is -0.480 e. The van der Waals surface area contributed by atoms with E-state index in [0.29, 0.717) is 23.4 Å². The van der Waals surface area contributed by atoms with Crippen molar-refractivity contribution in [2.24, 2.45) is 0 Å². The number of hydrogen-bond donors (Lipinski definition) is 2. The van der Waals surface area contributed by atoms with Crippen LogP contribution in [0.2, 0.25) is 0 Å². The first-order valence-corrected chi connectivity index (χ1v) is 9.24. The van der Waals surface area contributed by atoms with Crippen LogP contribution < -0.4 is 10.1 Å². The fourth-order valence-corrected chi connectivity index (χ4v) is 3.28. The van der Waals surface area contributed by atoms with E-state index in [1.165, 1.54) is 0 Å². The largest absolute Gasteiger partial charge is 0.480 e. The molecule has 0 saturated carbocycles. The molecule has 0 radical (unpaired) electrons. The molecule has 1 unspecified atom stereocenters. The Hall–Kier alpha value is -3.86. The molecular formula is C24H19NO4. The van der Waals surface area contributed by atoms with E-state index < -0.39 is 12.1 Å². The van der Waals surface area contributed by atoms with Crippen molar-refractivity contribution in [2.75, 3.05) is 0 Å². The van der Waals surface area contributed by atoms with Crippen LogP contribution in [0.25, 0.3) is 0 Å². The molecule has 1 atom stereocenters. The van der Waals surface area contributed by atoms with Crippen molar-refractivity contribution >= 4 is 11.8 Å². The van der Waals surface area contributed by atoms with Crippen LogP contribution >= 0.6 is 0 Å². The number of nitrogens with one attached hydrogen (secondary N) is 1. The zero-order chi connectivity index (χ0) is 20.2. The highest BCUT2D eigenvalue weighted by Gasteiger charge is 2.32. The van der Waals surface area contributed by atoms with Gasteiger partial charge in [0.1, 0.15) is 5.75 Å². The number of carboxylic acids is 1. The first-order valence-electron chi connectivity index (χ1n) is 9.24. The first kappa shape index (κ1) is 18.5. The molecule has 0 fully saturated rings. The van der Waals surface area contributed by atoms with Gasteiger partial charge in [-0.05, 0) is 35.4 Å². The summed E-state index contributed by atoms with van der Waals surface area (Å²) in [6.45, 7) is 0.458. The molecule has 1 heterocycles. The Morgan fingerprint density at radius 2 is 1.66 bits per heavy atom. The Morgan fingerprint density at radius 1 is 0.966 bits per heavy atom. The molecule has 1 aliphatic heterocycles. The summed E-state index contributed by atoms with van der Waals surface area (Å²) in [7, 11) is 0. The van der Waals surface area contributed by atoms with Gasteiger partial charge in [0, 0.05) is 12.7 Å². The third kappa shape index (κ3) is 3.89.